The minimum absolute atomic E-state index is 0.186. The first-order chi connectivity index (χ1) is 14.4. The van der Waals surface area contributed by atoms with Gasteiger partial charge in [0.1, 0.15) is 0 Å². The SMILES string of the molecule is C=CC(COCc1ccccc1)C(F)(F)[C](=O)[Sn]([CH2]CCC)([CH2]CCC)[CH2]CCC. The standard InChI is InChI=1S/C13H13F2O2.3C4H9.Sn/c1-2-12(13(14,15)10-16)9-17-8-11-6-4-3-5-7-11;3*1-3-4-2;/h2-7,12H,1,8-9H2;3*1,3-4H2,2H3;. The Kier molecular flexibility index (Phi) is 13.0. The van der Waals surface area contributed by atoms with Gasteiger partial charge in [-0.1, -0.05) is 0 Å². The van der Waals surface area contributed by atoms with E-state index in [1.807, 2.05) is 30.3 Å². The zero-order chi connectivity index (χ0) is 22.5. The Morgan fingerprint density at radius 2 is 1.53 bits per heavy atom. The van der Waals surface area contributed by atoms with E-state index in [1.165, 1.54) is 6.08 Å². The van der Waals surface area contributed by atoms with Crippen LogP contribution < -0.4 is 0 Å². The summed E-state index contributed by atoms with van der Waals surface area (Å²) in [6.45, 7) is 9.90. The van der Waals surface area contributed by atoms with E-state index in [0.717, 1.165) is 57.4 Å². The fourth-order valence-corrected chi connectivity index (χ4v) is 19.4. The average molecular weight is 529 g/mol. The number of halogens is 2. The van der Waals surface area contributed by atoms with Gasteiger partial charge >= 0.3 is 187 Å². The molecule has 2 nitrogen and oxygen atoms in total. The van der Waals surface area contributed by atoms with Crippen LogP contribution in [0, 0.1) is 5.92 Å². The minimum atomic E-state index is -3.70. The zero-order valence-corrected chi connectivity index (χ0v) is 22.0. The summed E-state index contributed by atoms with van der Waals surface area (Å²) >= 11 is -3.70. The number of alkyl halides is 2. The third-order valence-electron chi connectivity index (χ3n) is 5.97. The van der Waals surface area contributed by atoms with Crippen molar-refractivity contribution in [3.05, 3.63) is 48.6 Å². The summed E-state index contributed by atoms with van der Waals surface area (Å²) < 4.78 is 38.2. The fourth-order valence-electron chi connectivity index (χ4n) is 3.98. The number of carbonyl (C=O) groups is 1. The van der Waals surface area contributed by atoms with Gasteiger partial charge in [-0.15, -0.1) is 0 Å². The Balaban J connectivity index is 3.00. The Morgan fingerprint density at radius 3 is 1.97 bits per heavy atom. The van der Waals surface area contributed by atoms with Crippen molar-refractivity contribution in [2.24, 2.45) is 5.92 Å². The molecule has 1 aromatic carbocycles. The predicted molar refractivity (Wildman–Crippen MR) is 125 cm³/mol. The number of rotatable bonds is 17. The van der Waals surface area contributed by atoms with Crippen molar-refractivity contribution >= 4 is 22.2 Å². The first-order valence-corrected chi connectivity index (χ1v) is 19.0. The molecule has 0 bridgehead atoms. The van der Waals surface area contributed by atoms with Crippen molar-refractivity contribution < 1.29 is 18.3 Å². The molecule has 0 aliphatic rings. The molecule has 0 N–H and O–H groups in total. The molecular formula is C25H40F2O2Sn. The van der Waals surface area contributed by atoms with Gasteiger partial charge in [0.25, 0.3) is 0 Å². The molecule has 0 saturated heterocycles. The molecule has 0 saturated carbocycles. The summed E-state index contributed by atoms with van der Waals surface area (Å²) in [5, 5.41) is 0. The van der Waals surface area contributed by atoms with Crippen molar-refractivity contribution in [1.82, 2.24) is 0 Å². The second-order valence-corrected chi connectivity index (χ2v) is 21.3. The molecule has 30 heavy (non-hydrogen) atoms. The van der Waals surface area contributed by atoms with Gasteiger partial charge in [-0.2, -0.15) is 0 Å². The number of benzene rings is 1. The third kappa shape index (κ3) is 8.06. The third-order valence-corrected chi connectivity index (χ3v) is 20.9. The normalized spacial score (nSPS) is 13.2. The summed E-state index contributed by atoms with van der Waals surface area (Å²) in [5.74, 6) is -4.65. The van der Waals surface area contributed by atoms with Crippen molar-refractivity contribution in [3.63, 3.8) is 0 Å². The topological polar surface area (TPSA) is 26.3 Å². The average Bonchev–Trinajstić information content (AvgIpc) is 2.76. The molecule has 1 rings (SSSR count). The van der Waals surface area contributed by atoms with Crippen LogP contribution in [-0.2, 0) is 16.1 Å². The van der Waals surface area contributed by atoms with E-state index in [1.54, 1.807) is 0 Å². The first-order valence-electron chi connectivity index (χ1n) is 11.5. The van der Waals surface area contributed by atoms with Crippen LogP contribution in [0.15, 0.2) is 43.0 Å². The number of unbranched alkanes of at least 4 members (excludes halogenated alkanes) is 3. The van der Waals surface area contributed by atoms with Crippen molar-refractivity contribution in [1.29, 1.82) is 0 Å². The molecule has 0 radical (unpaired) electrons. The molecule has 1 unspecified atom stereocenters. The van der Waals surface area contributed by atoms with Crippen LogP contribution in [0.4, 0.5) is 8.78 Å². The molecule has 1 atom stereocenters. The molecule has 5 heteroatoms. The van der Waals surface area contributed by atoms with Gasteiger partial charge in [0, 0.05) is 0 Å². The van der Waals surface area contributed by atoms with Crippen LogP contribution in [0.3, 0.4) is 0 Å². The van der Waals surface area contributed by atoms with E-state index in [4.69, 9.17) is 4.74 Å². The van der Waals surface area contributed by atoms with Gasteiger partial charge in [-0.05, 0) is 0 Å². The van der Waals surface area contributed by atoms with Crippen LogP contribution in [-0.4, -0.2) is 34.7 Å². The molecule has 170 valence electrons. The molecule has 0 aromatic heterocycles. The van der Waals surface area contributed by atoms with Gasteiger partial charge in [-0.25, -0.2) is 0 Å². The summed E-state index contributed by atoms with van der Waals surface area (Å²) in [4.78, 5) is 13.5. The van der Waals surface area contributed by atoms with Crippen molar-refractivity contribution in [2.45, 2.75) is 85.1 Å². The van der Waals surface area contributed by atoms with Gasteiger partial charge in [-0.3, -0.25) is 0 Å². The molecule has 0 fully saturated rings. The van der Waals surface area contributed by atoms with Crippen molar-refractivity contribution in [3.8, 4) is 0 Å². The molecule has 0 aliphatic heterocycles. The molecule has 0 heterocycles. The quantitative estimate of drug-likeness (QED) is 0.154. The number of hydrogen-bond donors (Lipinski definition) is 0. The van der Waals surface area contributed by atoms with Crippen LogP contribution in [0.5, 0.6) is 0 Å². The molecule has 0 spiro atoms. The molecule has 1 aromatic rings. The maximum atomic E-state index is 15.5. The number of carbonyl (C=O) groups excluding carboxylic acids is 1. The van der Waals surface area contributed by atoms with E-state index in [2.05, 4.69) is 27.4 Å². The van der Waals surface area contributed by atoms with Gasteiger partial charge < -0.3 is 0 Å². The van der Waals surface area contributed by atoms with E-state index >= 15 is 8.78 Å². The van der Waals surface area contributed by atoms with E-state index in [0.29, 0.717) is 0 Å². The Labute approximate surface area is 186 Å². The maximum absolute atomic E-state index is 15.5. The van der Waals surface area contributed by atoms with E-state index in [-0.39, 0.29) is 13.2 Å². The van der Waals surface area contributed by atoms with Gasteiger partial charge in [0.15, 0.2) is 0 Å². The van der Waals surface area contributed by atoms with Gasteiger partial charge in [0.05, 0.1) is 0 Å². The number of hydrogen-bond acceptors (Lipinski definition) is 2. The summed E-state index contributed by atoms with van der Waals surface area (Å²) in [6, 6.07) is 9.47. The van der Waals surface area contributed by atoms with Crippen LogP contribution in [0.25, 0.3) is 0 Å². The van der Waals surface area contributed by atoms with Crippen LogP contribution in [0.1, 0.15) is 64.9 Å². The Hall–Kier alpha value is -0.751. The summed E-state index contributed by atoms with van der Waals surface area (Å²) in [5.41, 5.74) is 0.928. The number of ether oxygens (including phenoxy) is 1. The van der Waals surface area contributed by atoms with E-state index in [9.17, 15) is 4.79 Å². The molecular weight excluding hydrogens is 489 g/mol. The zero-order valence-electron chi connectivity index (χ0n) is 19.1. The molecule has 0 aliphatic carbocycles. The fraction of sp³-hybridized carbons (Fsp3) is 0.640. The van der Waals surface area contributed by atoms with Gasteiger partial charge in [0.2, 0.25) is 0 Å². The van der Waals surface area contributed by atoms with Crippen LogP contribution >= 0.6 is 0 Å². The Morgan fingerprint density at radius 1 is 1.03 bits per heavy atom. The monoisotopic (exact) mass is 530 g/mol. The second-order valence-electron chi connectivity index (χ2n) is 8.39. The molecule has 0 amide bonds. The summed E-state index contributed by atoms with van der Waals surface area (Å²) in [7, 11) is 0. The second kappa shape index (κ2) is 14.3. The first kappa shape index (κ1) is 27.3. The van der Waals surface area contributed by atoms with E-state index < -0.39 is 34.0 Å². The van der Waals surface area contributed by atoms with Crippen molar-refractivity contribution in [2.75, 3.05) is 6.61 Å². The Bertz CT molecular complexity index is 597. The predicted octanol–water partition coefficient (Wildman–Crippen LogP) is 7.60. The summed E-state index contributed by atoms with van der Waals surface area (Å²) in [6.07, 6.45) is 6.71. The van der Waals surface area contributed by atoms with Crippen LogP contribution in [0.2, 0.25) is 13.3 Å².